The molecule has 1 N–H and O–H groups in total. The van der Waals surface area contributed by atoms with Crippen LogP contribution >= 0.6 is 11.6 Å². The van der Waals surface area contributed by atoms with Gasteiger partial charge < -0.3 is 9.52 Å². The van der Waals surface area contributed by atoms with Gasteiger partial charge in [0, 0.05) is 18.0 Å². The summed E-state index contributed by atoms with van der Waals surface area (Å²) in [6.07, 6.45) is 2.42. The lowest BCUT2D eigenvalue weighted by molar-refractivity contribution is 0.189. The first-order valence-corrected chi connectivity index (χ1v) is 4.48. The molecule has 0 aliphatic heterocycles. The third kappa shape index (κ3) is 1.78. The van der Waals surface area contributed by atoms with E-state index in [2.05, 4.69) is 4.98 Å². The molecule has 72 valence electrons. The summed E-state index contributed by atoms with van der Waals surface area (Å²) in [5.74, 6) is 0.419. The molecule has 0 amide bonds. The van der Waals surface area contributed by atoms with Crippen molar-refractivity contribution >= 4 is 11.6 Å². The topological polar surface area (TPSA) is 46.3 Å². The predicted molar refractivity (Wildman–Crippen MR) is 52.0 cm³/mol. The molecular weight excluding hydrogens is 202 g/mol. The van der Waals surface area contributed by atoms with Crippen LogP contribution < -0.4 is 0 Å². The van der Waals surface area contributed by atoms with Crippen molar-refractivity contribution in [1.29, 1.82) is 0 Å². The number of aromatic nitrogens is 1. The third-order valence-electron chi connectivity index (χ3n) is 1.86. The van der Waals surface area contributed by atoms with Gasteiger partial charge in [0.05, 0.1) is 0 Å². The van der Waals surface area contributed by atoms with E-state index in [9.17, 15) is 5.11 Å². The first-order chi connectivity index (χ1) is 6.77. The molecule has 0 aliphatic carbocycles. The van der Waals surface area contributed by atoms with Crippen molar-refractivity contribution in [2.24, 2.45) is 0 Å². The molecule has 0 radical (unpaired) electrons. The lowest BCUT2D eigenvalue weighted by Gasteiger charge is -2.06. The molecule has 2 rings (SSSR count). The van der Waals surface area contributed by atoms with Crippen LogP contribution in [0.3, 0.4) is 0 Å². The summed E-state index contributed by atoms with van der Waals surface area (Å²) in [6.45, 7) is 0. The van der Waals surface area contributed by atoms with Crippen LogP contribution in [0.1, 0.15) is 17.4 Å². The van der Waals surface area contributed by atoms with Gasteiger partial charge in [0.15, 0.2) is 5.22 Å². The molecule has 0 aliphatic rings. The first-order valence-electron chi connectivity index (χ1n) is 4.10. The van der Waals surface area contributed by atoms with Gasteiger partial charge in [-0.2, -0.15) is 0 Å². The molecule has 0 saturated carbocycles. The number of furan rings is 1. The van der Waals surface area contributed by atoms with Crippen molar-refractivity contribution < 1.29 is 9.52 Å². The van der Waals surface area contributed by atoms with Gasteiger partial charge in [-0.05, 0) is 29.8 Å². The predicted octanol–water partition coefficient (Wildman–Crippen LogP) is 2.41. The Morgan fingerprint density at radius 2 is 2.21 bits per heavy atom. The number of aliphatic hydroxyl groups excluding tert-OH is 1. The average molecular weight is 210 g/mol. The Labute approximate surface area is 86.0 Å². The van der Waals surface area contributed by atoms with Gasteiger partial charge in [-0.25, -0.2) is 0 Å². The summed E-state index contributed by atoms with van der Waals surface area (Å²) < 4.78 is 5.09. The van der Waals surface area contributed by atoms with Crippen LogP contribution in [-0.4, -0.2) is 10.1 Å². The molecule has 4 heteroatoms. The summed E-state index contributed by atoms with van der Waals surface area (Å²) in [5, 5.41) is 10.1. The van der Waals surface area contributed by atoms with E-state index in [1.165, 1.54) is 0 Å². The number of aliphatic hydroxyl groups is 1. The number of halogens is 1. The summed E-state index contributed by atoms with van der Waals surface area (Å²) in [4.78, 5) is 3.90. The van der Waals surface area contributed by atoms with Gasteiger partial charge in [-0.15, -0.1) is 0 Å². The van der Waals surface area contributed by atoms with Crippen LogP contribution in [0.15, 0.2) is 41.1 Å². The molecule has 3 nitrogen and oxygen atoms in total. The third-order valence-corrected chi connectivity index (χ3v) is 2.07. The Morgan fingerprint density at radius 3 is 2.79 bits per heavy atom. The number of rotatable bonds is 2. The van der Waals surface area contributed by atoms with E-state index in [0.717, 1.165) is 0 Å². The Kier molecular flexibility index (Phi) is 2.52. The van der Waals surface area contributed by atoms with Crippen LogP contribution in [-0.2, 0) is 0 Å². The Morgan fingerprint density at radius 1 is 1.36 bits per heavy atom. The minimum atomic E-state index is -0.809. The van der Waals surface area contributed by atoms with E-state index in [0.29, 0.717) is 11.3 Å². The quantitative estimate of drug-likeness (QED) is 0.826. The molecule has 0 spiro atoms. The number of hydrogen-bond acceptors (Lipinski definition) is 3. The van der Waals surface area contributed by atoms with Crippen molar-refractivity contribution in [1.82, 2.24) is 4.98 Å². The maximum absolute atomic E-state index is 9.81. The molecule has 0 fully saturated rings. The van der Waals surface area contributed by atoms with Crippen LogP contribution in [0.5, 0.6) is 0 Å². The minimum absolute atomic E-state index is 0.267. The molecule has 2 aromatic rings. The number of nitrogens with zero attached hydrogens (tertiary/aromatic N) is 1. The zero-order chi connectivity index (χ0) is 9.97. The highest BCUT2D eigenvalue weighted by molar-refractivity contribution is 6.28. The van der Waals surface area contributed by atoms with E-state index in [-0.39, 0.29) is 5.22 Å². The summed E-state index contributed by atoms with van der Waals surface area (Å²) in [5.41, 5.74) is 0.679. The molecule has 14 heavy (non-hydrogen) atoms. The number of pyridine rings is 1. The highest BCUT2D eigenvalue weighted by atomic mass is 35.5. The first kappa shape index (κ1) is 9.24. The fourth-order valence-electron chi connectivity index (χ4n) is 1.18. The lowest BCUT2D eigenvalue weighted by atomic mass is 10.1. The van der Waals surface area contributed by atoms with Gasteiger partial charge >= 0.3 is 0 Å². The van der Waals surface area contributed by atoms with Crippen LogP contribution in [0, 0.1) is 0 Å². The summed E-state index contributed by atoms with van der Waals surface area (Å²) in [7, 11) is 0. The molecular formula is C10H8ClNO2. The van der Waals surface area contributed by atoms with Crippen LogP contribution in [0.25, 0.3) is 0 Å². The SMILES string of the molecule is OC(c1cccnc1)c1ccc(Cl)o1. The summed E-state index contributed by atoms with van der Waals surface area (Å²) in [6, 6.07) is 6.76. The molecule has 0 saturated heterocycles. The maximum Gasteiger partial charge on any atom is 0.193 e. The van der Waals surface area contributed by atoms with Gasteiger partial charge in [0.2, 0.25) is 0 Å². The van der Waals surface area contributed by atoms with Gasteiger partial charge in [-0.1, -0.05) is 6.07 Å². The van der Waals surface area contributed by atoms with Gasteiger partial charge in [0.25, 0.3) is 0 Å². The monoisotopic (exact) mass is 209 g/mol. The fraction of sp³-hybridized carbons (Fsp3) is 0.100. The second-order valence-corrected chi connectivity index (χ2v) is 3.20. The molecule has 0 aromatic carbocycles. The lowest BCUT2D eigenvalue weighted by Crippen LogP contribution is -1.97. The van der Waals surface area contributed by atoms with Crippen molar-refractivity contribution in [3.8, 4) is 0 Å². The summed E-state index contributed by atoms with van der Waals surface area (Å²) >= 11 is 5.60. The van der Waals surface area contributed by atoms with Crippen molar-refractivity contribution in [2.75, 3.05) is 0 Å². The van der Waals surface area contributed by atoms with E-state index in [1.54, 1.807) is 36.7 Å². The highest BCUT2D eigenvalue weighted by Crippen LogP contribution is 2.24. The van der Waals surface area contributed by atoms with Gasteiger partial charge in [0.1, 0.15) is 11.9 Å². The van der Waals surface area contributed by atoms with E-state index in [1.807, 2.05) is 0 Å². The average Bonchev–Trinajstić information content (AvgIpc) is 2.65. The molecule has 1 unspecified atom stereocenters. The molecule has 1 atom stereocenters. The maximum atomic E-state index is 9.81. The van der Waals surface area contributed by atoms with Crippen molar-refractivity contribution in [3.05, 3.63) is 53.2 Å². The van der Waals surface area contributed by atoms with Crippen molar-refractivity contribution in [2.45, 2.75) is 6.10 Å². The second-order valence-electron chi connectivity index (χ2n) is 2.83. The number of hydrogen-bond donors (Lipinski definition) is 1. The van der Waals surface area contributed by atoms with Gasteiger partial charge in [-0.3, -0.25) is 4.98 Å². The Bertz CT molecular complexity index is 413. The molecule has 0 bridgehead atoms. The second kappa shape index (κ2) is 3.82. The van der Waals surface area contributed by atoms with E-state index < -0.39 is 6.10 Å². The van der Waals surface area contributed by atoms with Crippen LogP contribution in [0.2, 0.25) is 5.22 Å². The fourth-order valence-corrected chi connectivity index (χ4v) is 1.33. The van der Waals surface area contributed by atoms with E-state index in [4.69, 9.17) is 16.0 Å². The largest absolute Gasteiger partial charge is 0.447 e. The molecule has 2 heterocycles. The zero-order valence-electron chi connectivity index (χ0n) is 7.22. The molecule has 2 aromatic heterocycles. The van der Waals surface area contributed by atoms with E-state index >= 15 is 0 Å². The Balaban J connectivity index is 2.29. The minimum Gasteiger partial charge on any atom is -0.447 e. The Hall–Kier alpha value is -1.32. The highest BCUT2D eigenvalue weighted by Gasteiger charge is 2.13. The smallest absolute Gasteiger partial charge is 0.193 e. The van der Waals surface area contributed by atoms with Crippen LogP contribution in [0.4, 0.5) is 0 Å². The standard InChI is InChI=1S/C10H8ClNO2/c11-9-4-3-8(14-9)10(13)7-2-1-5-12-6-7/h1-6,10,13H. The van der Waals surface area contributed by atoms with Crippen molar-refractivity contribution in [3.63, 3.8) is 0 Å². The normalized spacial score (nSPS) is 12.7. The zero-order valence-corrected chi connectivity index (χ0v) is 7.98.